The maximum absolute atomic E-state index is 11.5. The first-order valence-electron chi connectivity index (χ1n) is 5.37. The van der Waals surface area contributed by atoms with Gasteiger partial charge in [0.05, 0.1) is 21.3 Å². The molecule has 100 valence electrons. The average Bonchev–Trinajstić information content (AvgIpc) is 2.27. The van der Waals surface area contributed by atoms with E-state index in [0.29, 0.717) is 15.0 Å². The Morgan fingerprint density at radius 1 is 1.56 bits per heavy atom. The smallest absolute Gasteiger partial charge is 0.193 e. The van der Waals surface area contributed by atoms with Gasteiger partial charge in [0.25, 0.3) is 0 Å². The molecule has 1 aromatic heterocycles. The van der Waals surface area contributed by atoms with Crippen molar-refractivity contribution in [2.24, 2.45) is 4.99 Å². The van der Waals surface area contributed by atoms with Gasteiger partial charge in [0, 0.05) is 19.8 Å². The summed E-state index contributed by atoms with van der Waals surface area (Å²) in [6, 6.07) is 1.74. The lowest BCUT2D eigenvalue weighted by Crippen LogP contribution is -2.14. The van der Waals surface area contributed by atoms with E-state index in [0.717, 1.165) is 12.8 Å². The predicted octanol–water partition coefficient (Wildman–Crippen LogP) is 2.01. The number of aromatic nitrogens is 1. The first kappa shape index (κ1) is 15.4. The van der Waals surface area contributed by atoms with E-state index in [2.05, 4.69) is 9.98 Å². The first-order chi connectivity index (χ1) is 8.25. The normalized spacial score (nSPS) is 12.1. The molecule has 0 saturated heterocycles. The van der Waals surface area contributed by atoms with Crippen molar-refractivity contribution in [2.75, 3.05) is 19.8 Å². The summed E-state index contributed by atoms with van der Waals surface area (Å²) in [6.07, 6.45) is 2.87. The fourth-order valence-electron chi connectivity index (χ4n) is 1.18. The third-order valence-electron chi connectivity index (χ3n) is 2.35. The number of aryl methyl sites for hydroxylation is 1. The van der Waals surface area contributed by atoms with Crippen LogP contribution >= 0.6 is 22.6 Å². The molecule has 0 aliphatic heterocycles. The van der Waals surface area contributed by atoms with Crippen LogP contribution in [0.1, 0.15) is 12.6 Å². The van der Waals surface area contributed by atoms with Crippen molar-refractivity contribution in [1.82, 2.24) is 9.88 Å². The molecular formula is C11H16IN3O2S. The Bertz CT molecular complexity index is 570. The Morgan fingerprint density at radius 3 is 2.67 bits per heavy atom. The van der Waals surface area contributed by atoms with Crippen molar-refractivity contribution in [3.63, 3.8) is 0 Å². The Balaban J connectivity index is 3.20. The zero-order chi connectivity index (χ0) is 13.9. The third-order valence-corrected chi connectivity index (χ3v) is 4.55. The SMILES string of the molecule is CCN(C)C=Nc1cc(I)c(S(C)(=O)=O)nc1C. The second-order valence-corrected chi connectivity index (χ2v) is 7.06. The molecular weight excluding hydrogens is 365 g/mol. The van der Waals surface area contributed by atoms with Gasteiger partial charge in [-0.1, -0.05) is 0 Å². The highest BCUT2D eigenvalue weighted by Crippen LogP contribution is 2.24. The predicted molar refractivity (Wildman–Crippen MR) is 81.3 cm³/mol. The molecule has 0 unspecified atom stereocenters. The highest BCUT2D eigenvalue weighted by atomic mass is 127. The summed E-state index contributed by atoms with van der Waals surface area (Å²) in [5.74, 6) is 0. The molecule has 0 amide bonds. The number of sulfone groups is 1. The van der Waals surface area contributed by atoms with Gasteiger partial charge in [-0.15, -0.1) is 0 Å². The molecule has 0 fully saturated rings. The number of rotatable bonds is 4. The summed E-state index contributed by atoms with van der Waals surface area (Å²) in [6.45, 7) is 4.63. The van der Waals surface area contributed by atoms with Crippen molar-refractivity contribution in [1.29, 1.82) is 0 Å². The number of hydrogen-bond donors (Lipinski definition) is 0. The summed E-state index contributed by atoms with van der Waals surface area (Å²) < 4.78 is 23.6. The lowest BCUT2D eigenvalue weighted by molar-refractivity contribution is 0.552. The minimum atomic E-state index is -3.29. The zero-order valence-corrected chi connectivity index (χ0v) is 13.8. The molecule has 18 heavy (non-hydrogen) atoms. The summed E-state index contributed by atoms with van der Waals surface area (Å²) in [4.78, 5) is 10.3. The van der Waals surface area contributed by atoms with E-state index < -0.39 is 9.84 Å². The van der Waals surface area contributed by atoms with Gasteiger partial charge in [-0.05, 0) is 42.5 Å². The van der Waals surface area contributed by atoms with E-state index in [4.69, 9.17) is 0 Å². The number of pyridine rings is 1. The molecule has 0 aliphatic rings. The second-order valence-electron chi connectivity index (χ2n) is 3.97. The molecule has 0 aromatic carbocycles. The molecule has 0 radical (unpaired) electrons. The third kappa shape index (κ3) is 3.91. The van der Waals surface area contributed by atoms with E-state index in [9.17, 15) is 8.42 Å². The molecule has 0 N–H and O–H groups in total. The van der Waals surface area contributed by atoms with Gasteiger partial charge >= 0.3 is 0 Å². The largest absolute Gasteiger partial charge is 0.366 e. The number of nitrogens with zero attached hydrogens (tertiary/aromatic N) is 3. The van der Waals surface area contributed by atoms with Gasteiger partial charge in [0.1, 0.15) is 0 Å². The summed E-state index contributed by atoms with van der Waals surface area (Å²) in [5, 5.41) is 0.114. The molecule has 1 aromatic rings. The summed E-state index contributed by atoms with van der Waals surface area (Å²) in [7, 11) is -1.37. The molecule has 0 atom stereocenters. The van der Waals surface area contributed by atoms with Crippen LogP contribution in [0.2, 0.25) is 0 Å². The minimum Gasteiger partial charge on any atom is -0.366 e. The fraction of sp³-hybridized carbons (Fsp3) is 0.455. The van der Waals surface area contributed by atoms with Crippen molar-refractivity contribution in [2.45, 2.75) is 18.9 Å². The van der Waals surface area contributed by atoms with Gasteiger partial charge in [0.15, 0.2) is 14.9 Å². The highest BCUT2D eigenvalue weighted by Gasteiger charge is 2.15. The van der Waals surface area contributed by atoms with Crippen LogP contribution in [0, 0.1) is 10.5 Å². The molecule has 1 rings (SSSR count). The van der Waals surface area contributed by atoms with E-state index >= 15 is 0 Å². The molecule has 5 nitrogen and oxygen atoms in total. The van der Waals surface area contributed by atoms with Crippen molar-refractivity contribution in [3.8, 4) is 0 Å². The topological polar surface area (TPSA) is 62.6 Å². The summed E-state index contributed by atoms with van der Waals surface area (Å²) >= 11 is 1.97. The van der Waals surface area contributed by atoms with Crippen LogP contribution in [-0.4, -0.2) is 44.5 Å². The van der Waals surface area contributed by atoms with Gasteiger partial charge in [-0.2, -0.15) is 0 Å². The Morgan fingerprint density at radius 2 is 2.17 bits per heavy atom. The lowest BCUT2D eigenvalue weighted by Gasteiger charge is -2.09. The highest BCUT2D eigenvalue weighted by molar-refractivity contribution is 14.1. The van der Waals surface area contributed by atoms with Gasteiger partial charge in [0.2, 0.25) is 0 Å². The molecule has 7 heteroatoms. The maximum Gasteiger partial charge on any atom is 0.193 e. The summed E-state index contributed by atoms with van der Waals surface area (Å²) in [5.41, 5.74) is 1.30. The van der Waals surface area contributed by atoms with Crippen LogP contribution in [0.15, 0.2) is 16.1 Å². The maximum atomic E-state index is 11.5. The lowest BCUT2D eigenvalue weighted by atomic mass is 10.3. The van der Waals surface area contributed by atoms with Gasteiger partial charge in [-0.25, -0.2) is 18.4 Å². The van der Waals surface area contributed by atoms with Crippen molar-refractivity contribution < 1.29 is 8.42 Å². The standard InChI is InChI=1S/C11H16IN3O2S/c1-5-15(3)7-13-10-6-9(12)11(14-8(10)2)18(4,16)17/h6-7H,5H2,1-4H3. The van der Waals surface area contributed by atoms with Gasteiger partial charge < -0.3 is 4.90 Å². The van der Waals surface area contributed by atoms with Crippen LogP contribution < -0.4 is 0 Å². The van der Waals surface area contributed by atoms with E-state index in [1.54, 1.807) is 19.3 Å². The number of aliphatic imine (C=N–C) groups is 1. The molecule has 0 aliphatic carbocycles. The second kappa shape index (κ2) is 5.96. The zero-order valence-electron chi connectivity index (χ0n) is 10.8. The van der Waals surface area contributed by atoms with Crippen molar-refractivity contribution >= 4 is 44.5 Å². The number of hydrogen-bond acceptors (Lipinski definition) is 4. The Kier molecular flexibility index (Phi) is 5.09. The Hall–Kier alpha value is -0.700. The molecule has 0 spiro atoms. The monoisotopic (exact) mass is 381 g/mol. The van der Waals surface area contributed by atoms with Crippen LogP contribution in [0.3, 0.4) is 0 Å². The van der Waals surface area contributed by atoms with E-state index in [-0.39, 0.29) is 5.03 Å². The van der Waals surface area contributed by atoms with Crippen LogP contribution in [0.4, 0.5) is 5.69 Å². The number of halogens is 1. The molecule has 0 bridgehead atoms. The first-order valence-corrected chi connectivity index (χ1v) is 8.34. The quantitative estimate of drug-likeness (QED) is 0.455. The fourth-order valence-corrected chi connectivity index (χ4v) is 3.51. The van der Waals surface area contributed by atoms with E-state index in [1.165, 1.54) is 0 Å². The van der Waals surface area contributed by atoms with E-state index in [1.807, 2.05) is 41.5 Å². The van der Waals surface area contributed by atoms with Gasteiger partial charge in [-0.3, -0.25) is 0 Å². The molecule has 1 heterocycles. The van der Waals surface area contributed by atoms with Crippen LogP contribution in [0.25, 0.3) is 0 Å². The Labute approximate surface area is 121 Å². The van der Waals surface area contributed by atoms with Crippen LogP contribution in [0.5, 0.6) is 0 Å². The van der Waals surface area contributed by atoms with Crippen molar-refractivity contribution in [3.05, 3.63) is 15.3 Å². The van der Waals surface area contributed by atoms with Crippen LogP contribution in [-0.2, 0) is 9.84 Å². The molecule has 0 saturated carbocycles. The minimum absolute atomic E-state index is 0.114. The average molecular weight is 381 g/mol.